The zero-order chi connectivity index (χ0) is 10.4. The van der Waals surface area contributed by atoms with Crippen LogP contribution < -0.4 is 16.2 Å². The van der Waals surface area contributed by atoms with E-state index in [4.69, 9.17) is 0 Å². The van der Waals surface area contributed by atoms with Gasteiger partial charge in [0.05, 0.1) is 0 Å². The number of hydrogen-bond acceptors (Lipinski definition) is 3. The van der Waals surface area contributed by atoms with E-state index in [0.29, 0.717) is 5.56 Å². The van der Waals surface area contributed by atoms with Crippen LogP contribution in [0.3, 0.4) is 0 Å². The summed E-state index contributed by atoms with van der Waals surface area (Å²) in [5.74, 6) is -0.0573. The topological polar surface area (TPSA) is 53.2 Å². The first kappa shape index (κ1) is 14.1. The zero-order valence-electron chi connectivity index (χ0n) is 8.83. The number of carbonyl (C=O) groups is 1. The summed E-state index contributed by atoms with van der Waals surface area (Å²) in [4.78, 5) is 11.2. The van der Waals surface area contributed by atoms with Crippen molar-refractivity contribution >= 4 is 22.9 Å². The Kier molecular flexibility index (Phi) is 6.94. The van der Waals surface area contributed by atoms with Gasteiger partial charge in [-0.2, -0.15) is 0 Å². The lowest BCUT2D eigenvalue weighted by molar-refractivity contribution is 0.0963. The van der Waals surface area contributed by atoms with Crippen molar-refractivity contribution in [1.82, 2.24) is 16.2 Å². The molecule has 0 heterocycles. The van der Waals surface area contributed by atoms with E-state index in [1.54, 1.807) is 7.05 Å². The second-order valence-corrected chi connectivity index (χ2v) is 2.88. The molecule has 5 heteroatoms. The smallest absolute Gasteiger partial charge is 0.251 e. The van der Waals surface area contributed by atoms with Gasteiger partial charge in [-0.25, -0.2) is 0 Å². The maximum absolute atomic E-state index is 11.2. The summed E-state index contributed by atoms with van der Waals surface area (Å²) >= 11 is 0. The molecule has 0 spiro atoms. The zero-order valence-corrected chi connectivity index (χ0v) is 10.5. The number of amides is 1. The second kappa shape index (κ2) is 7.39. The van der Waals surface area contributed by atoms with Crippen molar-refractivity contribution in [2.75, 3.05) is 14.1 Å². The van der Waals surface area contributed by atoms with Crippen LogP contribution in [-0.2, 0) is 6.54 Å². The largest absolute Gasteiger partial charge is 0.355 e. The number of halogens is 1. The minimum Gasteiger partial charge on any atom is -0.355 e. The molecule has 1 amide bonds. The number of rotatable bonds is 4. The highest BCUT2D eigenvalue weighted by molar-refractivity contribution is 8.93. The van der Waals surface area contributed by atoms with Gasteiger partial charge >= 0.3 is 0 Å². The van der Waals surface area contributed by atoms with E-state index in [0.717, 1.165) is 12.1 Å². The van der Waals surface area contributed by atoms with Crippen molar-refractivity contribution in [1.29, 1.82) is 0 Å². The molecule has 84 valence electrons. The lowest BCUT2D eigenvalue weighted by Crippen LogP contribution is -2.26. The number of hydrazine groups is 1. The Morgan fingerprint density at radius 2 is 1.80 bits per heavy atom. The predicted octanol–water partition coefficient (Wildman–Crippen LogP) is 0.848. The Labute approximate surface area is 100 Å². The minimum atomic E-state index is -0.0573. The molecule has 0 bridgehead atoms. The Morgan fingerprint density at radius 3 is 2.27 bits per heavy atom. The molecule has 3 N–H and O–H groups in total. The number of benzene rings is 1. The summed E-state index contributed by atoms with van der Waals surface area (Å²) in [6.07, 6.45) is 0. The van der Waals surface area contributed by atoms with Gasteiger partial charge in [0.2, 0.25) is 0 Å². The Morgan fingerprint density at radius 1 is 1.20 bits per heavy atom. The first-order chi connectivity index (χ1) is 6.77. The fraction of sp³-hybridized carbons (Fsp3) is 0.300. The summed E-state index contributed by atoms with van der Waals surface area (Å²) in [5.41, 5.74) is 7.62. The summed E-state index contributed by atoms with van der Waals surface area (Å²) in [6.45, 7) is 0.741. The van der Waals surface area contributed by atoms with E-state index in [9.17, 15) is 4.79 Å². The van der Waals surface area contributed by atoms with Crippen LogP contribution in [0.2, 0.25) is 0 Å². The van der Waals surface area contributed by atoms with Gasteiger partial charge < -0.3 is 5.32 Å². The number of hydrogen-bond donors (Lipinski definition) is 3. The van der Waals surface area contributed by atoms with E-state index >= 15 is 0 Å². The average molecular weight is 274 g/mol. The van der Waals surface area contributed by atoms with Crippen molar-refractivity contribution in [2.45, 2.75) is 6.54 Å². The van der Waals surface area contributed by atoms with Crippen LogP contribution in [0.1, 0.15) is 15.9 Å². The number of nitrogens with one attached hydrogen (secondary N) is 3. The first-order valence-electron chi connectivity index (χ1n) is 4.48. The van der Waals surface area contributed by atoms with Crippen molar-refractivity contribution in [3.63, 3.8) is 0 Å². The monoisotopic (exact) mass is 273 g/mol. The molecular formula is C10H16BrN3O. The normalized spacial score (nSPS) is 9.20. The van der Waals surface area contributed by atoms with Gasteiger partial charge in [0.15, 0.2) is 0 Å². The molecule has 0 radical (unpaired) electrons. The van der Waals surface area contributed by atoms with Crippen LogP contribution in [0, 0.1) is 0 Å². The van der Waals surface area contributed by atoms with Gasteiger partial charge in [-0.3, -0.25) is 15.6 Å². The minimum absolute atomic E-state index is 0. The molecule has 0 aliphatic carbocycles. The number of carbonyl (C=O) groups excluding carboxylic acids is 1. The summed E-state index contributed by atoms with van der Waals surface area (Å²) in [5, 5.41) is 2.58. The van der Waals surface area contributed by atoms with E-state index in [-0.39, 0.29) is 22.9 Å². The van der Waals surface area contributed by atoms with Gasteiger partial charge in [0, 0.05) is 19.2 Å². The molecule has 0 saturated carbocycles. The van der Waals surface area contributed by atoms with Crippen LogP contribution in [0.5, 0.6) is 0 Å². The van der Waals surface area contributed by atoms with Gasteiger partial charge in [0.1, 0.15) is 0 Å². The maximum atomic E-state index is 11.2. The van der Waals surface area contributed by atoms with E-state index in [1.807, 2.05) is 31.3 Å². The van der Waals surface area contributed by atoms with Gasteiger partial charge in [-0.05, 0) is 24.7 Å². The highest BCUT2D eigenvalue weighted by Gasteiger charge is 2.01. The molecule has 1 aromatic rings. The SMILES string of the molecule is Br.CNNCc1ccc(C(=O)NC)cc1. The fourth-order valence-corrected chi connectivity index (χ4v) is 1.11. The standard InChI is InChI=1S/C10H15N3O.BrH/c1-11-10(14)9-5-3-8(4-6-9)7-13-12-2;/h3-6,12-13H,7H2,1-2H3,(H,11,14);1H. The van der Waals surface area contributed by atoms with Crippen molar-refractivity contribution in [3.05, 3.63) is 35.4 Å². The maximum Gasteiger partial charge on any atom is 0.251 e. The van der Waals surface area contributed by atoms with Crippen LogP contribution in [0.4, 0.5) is 0 Å². The summed E-state index contributed by atoms with van der Waals surface area (Å²) in [6, 6.07) is 7.47. The molecule has 1 rings (SSSR count). The van der Waals surface area contributed by atoms with Crippen molar-refractivity contribution in [3.8, 4) is 0 Å². The van der Waals surface area contributed by atoms with Crippen LogP contribution in [-0.4, -0.2) is 20.0 Å². The molecule has 1 aromatic carbocycles. The van der Waals surface area contributed by atoms with Crippen LogP contribution in [0.15, 0.2) is 24.3 Å². The van der Waals surface area contributed by atoms with Crippen molar-refractivity contribution in [2.24, 2.45) is 0 Å². The average Bonchev–Trinajstić information content (AvgIpc) is 2.26. The molecule has 0 fully saturated rings. The van der Waals surface area contributed by atoms with Gasteiger partial charge in [-0.15, -0.1) is 17.0 Å². The second-order valence-electron chi connectivity index (χ2n) is 2.88. The first-order valence-corrected chi connectivity index (χ1v) is 4.48. The molecular weight excluding hydrogens is 258 g/mol. The van der Waals surface area contributed by atoms with Crippen LogP contribution in [0.25, 0.3) is 0 Å². The van der Waals surface area contributed by atoms with Gasteiger partial charge in [-0.1, -0.05) is 12.1 Å². The summed E-state index contributed by atoms with van der Waals surface area (Å²) in [7, 11) is 3.44. The molecule has 0 saturated heterocycles. The predicted molar refractivity (Wildman–Crippen MR) is 66.1 cm³/mol. The van der Waals surface area contributed by atoms with E-state index in [1.165, 1.54) is 0 Å². The molecule has 15 heavy (non-hydrogen) atoms. The van der Waals surface area contributed by atoms with E-state index in [2.05, 4.69) is 16.2 Å². The van der Waals surface area contributed by atoms with Gasteiger partial charge in [0.25, 0.3) is 5.91 Å². The molecule has 0 aliphatic rings. The molecule has 0 aliphatic heterocycles. The Balaban J connectivity index is 0.00000196. The molecule has 0 unspecified atom stereocenters. The highest BCUT2D eigenvalue weighted by Crippen LogP contribution is 2.03. The molecule has 0 aromatic heterocycles. The summed E-state index contributed by atoms with van der Waals surface area (Å²) < 4.78 is 0. The lowest BCUT2D eigenvalue weighted by atomic mass is 10.1. The highest BCUT2D eigenvalue weighted by atomic mass is 79.9. The quantitative estimate of drug-likeness (QED) is 0.713. The lowest BCUT2D eigenvalue weighted by Gasteiger charge is -2.04. The molecule has 4 nitrogen and oxygen atoms in total. The third-order valence-corrected chi connectivity index (χ3v) is 1.91. The third kappa shape index (κ3) is 4.42. The molecule has 0 atom stereocenters. The third-order valence-electron chi connectivity index (χ3n) is 1.91. The Bertz CT molecular complexity index is 300. The Hall–Kier alpha value is -0.910. The van der Waals surface area contributed by atoms with Crippen molar-refractivity contribution < 1.29 is 4.79 Å². The van der Waals surface area contributed by atoms with Crippen LogP contribution >= 0.6 is 17.0 Å². The fourth-order valence-electron chi connectivity index (χ4n) is 1.11. The van der Waals surface area contributed by atoms with E-state index < -0.39 is 0 Å².